The summed E-state index contributed by atoms with van der Waals surface area (Å²) in [6, 6.07) is 8.14. The Morgan fingerprint density at radius 1 is 1.27 bits per heavy atom. The molecular weight excluding hydrogens is 333 g/mol. The first-order valence-electron chi connectivity index (χ1n) is 9.05. The quantitative estimate of drug-likeness (QED) is 0.920. The molecule has 1 aliphatic carbocycles. The molecule has 5 nitrogen and oxygen atoms in total. The number of nitrogens with one attached hydrogen (secondary N) is 1. The van der Waals surface area contributed by atoms with E-state index in [1.807, 2.05) is 4.90 Å². The van der Waals surface area contributed by atoms with Crippen molar-refractivity contribution in [1.82, 2.24) is 14.9 Å². The minimum atomic E-state index is -0.279. The molecule has 1 saturated carbocycles. The Kier molecular flexibility index (Phi) is 4.13. The van der Waals surface area contributed by atoms with Crippen LogP contribution in [0.2, 0.25) is 0 Å². The SMILES string of the molecule is Cc1nc([C@@H]2CN(C(=O)[C@H]3C[C@@H]3C)C[C@H]2c2ccccc2F)cc(=O)[nH]1. The number of carbonyl (C=O) groups is 1. The van der Waals surface area contributed by atoms with Crippen molar-refractivity contribution in [3.05, 3.63) is 63.6 Å². The molecule has 2 aliphatic rings. The third-order valence-electron chi connectivity index (χ3n) is 5.62. The van der Waals surface area contributed by atoms with E-state index < -0.39 is 0 Å². The number of aromatic nitrogens is 2. The number of amides is 1. The molecule has 26 heavy (non-hydrogen) atoms. The van der Waals surface area contributed by atoms with Gasteiger partial charge in [-0.05, 0) is 30.9 Å². The molecule has 136 valence electrons. The predicted octanol–water partition coefficient (Wildman–Crippen LogP) is 2.58. The van der Waals surface area contributed by atoms with Gasteiger partial charge < -0.3 is 9.88 Å². The van der Waals surface area contributed by atoms with Crippen LogP contribution >= 0.6 is 0 Å². The molecule has 1 saturated heterocycles. The number of carbonyl (C=O) groups excluding carboxylic acids is 1. The number of aryl methyl sites for hydroxylation is 1. The van der Waals surface area contributed by atoms with E-state index >= 15 is 0 Å². The fourth-order valence-corrected chi connectivity index (χ4v) is 4.07. The topological polar surface area (TPSA) is 66.1 Å². The van der Waals surface area contributed by atoms with E-state index in [0.29, 0.717) is 36.1 Å². The lowest BCUT2D eigenvalue weighted by molar-refractivity contribution is -0.131. The highest BCUT2D eigenvalue weighted by molar-refractivity contribution is 5.82. The van der Waals surface area contributed by atoms with Gasteiger partial charge in [0.05, 0.1) is 5.69 Å². The van der Waals surface area contributed by atoms with Crippen molar-refractivity contribution in [2.45, 2.75) is 32.1 Å². The van der Waals surface area contributed by atoms with Gasteiger partial charge in [0.15, 0.2) is 0 Å². The second kappa shape index (κ2) is 6.34. The van der Waals surface area contributed by atoms with E-state index in [0.717, 1.165) is 6.42 Å². The maximum atomic E-state index is 14.5. The van der Waals surface area contributed by atoms with Crippen LogP contribution < -0.4 is 5.56 Å². The van der Waals surface area contributed by atoms with E-state index in [4.69, 9.17) is 0 Å². The molecule has 4 atom stereocenters. The van der Waals surface area contributed by atoms with Gasteiger partial charge in [-0.25, -0.2) is 9.37 Å². The van der Waals surface area contributed by atoms with Gasteiger partial charge in [-0.15, -0.1) is 0 Å². The number of H-pyrrole nitrogens is 1. The number of hydrogen-bond donors (Lipinski definition) is 1. The smallest absolute Gasteiger partial charge is 0.251 e. The van der Waals surface area contributed by atoms with Crippen LogP contribution in [-0.2, 0) is 4.79 Å². The van der Waals surface area contributed by atoms with Crippen molar-refractivity contribution >= 4 is 5.91 Å². The van der Waals surface area contributed by atoms with Crippen LogP contribution in [0.3, 0.4) is 0 Å². The molecule has 0 unspecified atom stereocenters. The van der Waals surface area contributed by atoms with Gasteiger partial charge in [0.2, 0.25) is 5.91 Å². The maximum Gasteiger partial charge on any atom is 0.251 e. The second-order valence-corrected chi connectivity index (χ2v) is 7.55. The molecule has 0 radical (unpaired) electrons. The number of hydrogen-bond acceptors (Lipinski definition) is 3. The minimum absolute atomic E-state index is 0.0869. The summed E-state index contributed by atoms with van der Waals surface area (Å²) >= 11 is 0. The summed E-state index contributed by atoms with van der Waals surface area (Å²) in [6.45, 7) is 4.73. The lowest BCUT2D eigenvalue weighted by atomic mass is 9.86. The van der Waals surface area contributed by atoms with Gasteiger partial charge >= 0.3 is 0 Å². The summed E-state index contributed by atoms with van der Waals surface area (Å²) < 4.78 is 14.5. The van der Waals surface area contributed by atoms with Crippen LogP contribution in [-0.4, -0.2) is 33.9 Å². The van der Waals surface area contributed by atoms with Gasteiger partial charge in [0.25, 0.3) is 5.56 Å². The van der Waals surface area contributed by atoms with Crippen molar-refractivity contribution in [1.29, 1.82) is 0 Å². The zero-order valence-corrected chi connectivity index (χ0v) is 14.9. The first-order chi connectivity index (χ1) is 12.4. The Hall–Kier alpha value is -2.50. The normalized spacial score (nSPS) is 27.6. The van der Waals surface area contributed by atoms with E-state index in [2.05, 4.69) is 16.9 Å². The molecule has 1 aromatic carbocycles. The lowest BCUT2D eigenvalue weighted by Gasteiger charge is -2.18. The summed E-state index contributed by atoms with van der Waals surface area (Å²) in [6.07, 6.45) is 0.923. The number of likely N-dealkylation sites (tertiary alicyclic amines) is 1. The molecule has 6 heteroatoms. The molecule has 0 bridgehead atoms. The Labute approximate surface area is 151 Å². The average molecular weight is 355 g/mol. The number of aromatic amines is 1. The first kappa shape index (κ1) is 16.9. The minimum Gasteiger partial charge on any atom is -0.341 e. The van der Waals surface area contributed by atoms with Crippen molar-refractivity contribution in [2.75, 3.05) is 13.1 Å². The molecule has 1 amide bonds. The number of nitrogens with zero attached hydrogens (tertiary/aromatic N) is 2. The number of benzene rings is 1. The molecular formula is C20H22FN3O2. The maximum absolute atomic E-state index is 14.5. The summed E-state index contributed by atoms with van der Waals surface area (Å²) in [5.41, 5.74) is 0.982. The zero-order chi connectivity index (χ0) is 18.4. The Bertz CT molecular complexity index is 910. The van der Waals surface area contributed by atoms with E-state index in [9.17, 15) is 14.0 Å². The van der Waals surface area contributed by atoms with Crippen molar-refractivity contribution in [3.63, 3.8) is 0 Å². The molecule has 0 spiro atoms. The van der Waals surface area contributed by atoms with Gasteiger partial charge in [-0.1, -0.05) is 25.1 Å². The fourth-order valence-electron chi connectivity index (χ4n) is 4.07. The highest BCUT2D eigenvalue weighted by atomic mass is 19.1. The van der Waals surface area contributed by atoms with Crippen molar-refractivity contribution in [2.24, 2.45) is 11.8 Å². The fraction of sp³-hybridized carbons (Fsp3) is 0.450. The van der Waals surface area contributed by atoms with Crippen molar-refractivity contribution in [3.8, 4) is 0 Å². The average Bonchev–Trinajstić information content (AvgIpc) is 3.16. The summed E-state index contributed by atoms with van der Waals surface area (Å²) in [7, 11) is 0. The monoisotopic (exact) mass is 355 g/mol. The first-order valence-corrected chi connectivity index (χ1v) is 9.05. The Balaban J connectivity index is 1.71. The molecule has 1 aromatic heterocycles. The van der Waals surface area contributed by atoms with Gasteiger partial charge in [-0.2, -0.15) is 0 Å². The number of rotatable bonds is 3. The van der Waals surface area contributed by atoms with Gasteiger partial charge in [-0.3, -0.25) is 9.59 Å². The van der Waals surface area contributed by atoms with Crippen LogP contribution in [0, 0.1) is 24.6 Å². The van der Waals surface area contributed by atoms with Gasteiger partial charge in [0.1, 0.15) is 11.6 Å². The lowest BCUT2D eigenvalue weighted by Crippen LogP contribution is -2.30. The van der Waals surface area contributed by atoms with Crippen LogP contribution in [0.25, 0.3) is 0 Å². The Morgan fingerprint density at radius 2 is 1.96 bits per heavy atom. The zero-order valence-electron chi connectivity index (χ0n) is 14.9. The van der Waals surface area contributed by atoms with Gasteiger partial charge in [0, 0.05) is 36.9 Å². The molecule has 2 heterocycles. The largest absolute Gasteiger partial charge is 0.341 e. The van der Waals surface area contributed by atoms with Crippen LogP contribution in [0.5, 0.6) is 0 Å². The third-order valence-corrected chi connectivity index (χ3v) is 5.62. The molecule has 2 aromatic rings. The second-order valence-electron chi connectivity index (χ2n) is 7.55. The third kappa shape index (κ3) is 3.04. The molecule has 1 aliphatic heterocycles. The molecule has 1 N–H and O–H groups in total. The molecule has 4 rings (SSSR count). The van der Waals surface area contributed by atoms with Crippen molar-refractivity contribution < 1.29 is 9.18 Å². The standard InChI is InChI=1S/C20H22FN3O2/c1-11-7-14(11)20(26)24-9-15(13-5-3-4-6-17(13)21)16(10-24)18-8-19(25)23-12(2)22-18/h3-6,8,11,14-16H,7,9-10H2,1-2H3,(H,22,23,25)/t11-,14-,15-,16+/m0/s1. The van der Waals surface area contributed by atoms with Crippen LogP contribution in [0.15, 0.2) is 35.1 Å². The highest BCUT2D eigenvalue weighted by Gasteiger charge is 2.46. The molecule has 2 fully saturated rings. The summed E-state index contributed by atoms with van der Waals surface area (Å²) in [5, 5.41) is 0. The van der Waals surface area contributed by atoms with E-state index in [1.54, 1.807) is 25.1 Å². The van der Waals surface area contributed by atoms with Crippen LogP contribution in [0.4, 0.5) is 4.39 Å². The summed E-state index contributed by atoms with van der Waals surface area (Å²) in [5.74, 6) is 0.507. The highest BCUT2D eigenvalue weighted by Crippen LogP contribution is 2.44. The van der Waals surface area contributed by atoms with E-state index in [-0.39, 0.29) is 35.0 Å². The summed E-state index contributed by atoms with van der Waals surface area (Å²) in [4.78, 5) is 33.6. The predicted molar refractivity (Wildman–Crippen MR) is 95.3 cm³/mol. The van der Waals surface area contributed by atoms with E-state index in [1.165, 1.54) is 12.1 Å². The number of halogens is 1. The Morgan fingerprint density at radius 3 is 2.62 bits per heavy atom. The van der Waals surface area contributed by atoms with Crippen LogP contribution in [0.1, 0.15) is 42.3 Å².